The molecule has 29 heavy (non-hydrogen) atoms. The third-order valence-electron chi connectivity index (χ3n) is 5.68. The van der Waals surface area contributed by atoms with Crippen LogP contribution in [0.4, 0.5) is 0 Å². The number of carbonyl (C=O) groups is 1. The van der Waals surface area contributed by atoms with Crippen LogP contribution in [-0.4, -0.2) is 42.9 Å². The number of nitrogens with one attached hydrogen (secondary N) is 1. The molecule has 0 spiro atoms. The fourth-order valence-corrected chi connectivity index (χ4v) is 3.90. The van der Waals surface area contributed by atoms with E-state index in [1.807, 2.05) is 54.7 Å². The average Bonchev–Trinajstić information content (AvgIpc) is 3.41. The van der Waals surface area contributed by atoms with E-state index in [0.717, 1.165) is 33.2 Å². The summed E-state index contributed by atoms with van der Waals surface area (Å²) in [5, 5.41) is 8.27. The van der Waals surface area contributed by atoms with Crippen LogP contribution in [0.3, 0.4) is 0 Å². The number of hydrogen-bond donors (Lipinski definition) is 1. The number of rotatable bonds is 4. The highest BCUT2D eigenvalue weighted by atomic mass is 16.5. The van der Waals surface area contributed by atoms with Gasteiger partial charge in [-0.25, -0.2) is 9.97 Å². The molecule has 1 aliphatic heterocycles. The van der Waals surface area contributed by atoms with Crippen LogP contribution in [0.25, 0.3) is 33.2 Å². The Labute approximate surface area is 167 Å². The lowest BCUT2D eigenvalue weighted by atomic mass is 10.0. The smallest absolute Gasteiger partial charge is 0.241 e. The number of carbonyl (C=O) groups excluding carboxylic acids is 1. The fourth-order valence-electron chi connectivity index (χ4n) is 3.90. The molecular formula is C21H22N6O2. The highest BCUT2D eigenvalue weighted by molar-refractivity contribution is 5.88. The third-order valence-corrected chi connectivity index (χ3v) is 5.68. The maximum atomic E-state index is 11.6. The first kappa shape index (κ1) is 17.7. The van der Waals surface area contributed by atoms with Gasteiger partial charge in [-0.05, 0) is 19.1 Å². The lowest BCUT2D eigenvalue weighted by Gasteiger charge is -2.20. The highest BCUT2D eigenvalue weighted by Gasteiger charge is 2.29. The molecule has 0 bridgehead atoms. The van der Waals surface area contributed by atoms with Gasteiger partial charge in [-0.2, -0.15) is 5.10 Å². The molecule has 0 aliphatic carbocycles. The first-order valence-corrected chi connectivity index (χ1v) is 9.67. The van der Waals surface area contributed by atoms with Crippen LogP contribution < -0.4 is 10.1 Å². The minimum atomic E-state index is -0.144. The van der Waals surface area contributed by atoms with Crippen molar-refractivity contribution in [2.45, 2.75) is 19.4 Å². The highest BCUT2D eigenvalue weighted by Crippen LogP contribution is 2.31. The molecule has 3 aromatic heterocycles. The van der Waals surface area contributed by atoms with Gasteiger partial charge in [0, 0.05) is 43.9 Å². The van der Waals surface area contributed by atoms with Crippen LogP contribution in [-0.2, 0) is 18.9 Å². The molecule has 148 valence electrons. The summed E-state index contributed by atoms with van der Waals surface area (Å²) in [5.41, 5.74) is 4.48. The molecule has 1 saturated heterocycles. The van der Waals surface area contributed by atoms with Crippen LogP contribution >= 0.6 is 0 Å². The van der Waals surface area contributed by atoms with Gasteiger partial charge in [-0.1, -0.05) is 12.1 Å². The van der Waals surface area contributed by atoms with E-state index in [1.54, 1.807) is 6.33 Å². The fraction of sp³-hybridized carbons (Fsp3) is 0.333. The molecule has 1 fully saturated rings. The molecule has 8 nitrogen and oxygen atoms in total. The molecule has 1 aliphatic rings. The SMILES string of the molecule is C[C@@H](Oc1nc(-c2ccc3cnn(C)c3c2)cc2ncn(C)c12)C1CNC(=O)C1. The van der Waals surface area contributed by atoms with Crippen molar-refractivity contribution in [3.05, 3.63) is 36.8 Å². The summed E-state index contributed by atoms with van der Waals surface area (Å²) in [6, 6.07) is 8.13. The van der Waals surface area contributed by atoms with Gasteiger partial charge in [-0.3, -0.25) is 9.48 Å². The van der Waals surface area contributed by atoms with Gasteiger partial charge in [0.2, 0.25) is 11.8 Å². The summed E-state index contributed by atoms with van der Waals surface area (Å²) in [6.07, 6.45) is 3.95. The standard InChI is InChI=1S/C21H22N6O2/c1-12(15-7-19(28)22-9-15)29-21-20-17(23-11-26(20)2)8-16(25-21)13-4-5-14-10-24-27(3)18(14)6-13/h4-6,8,10-12,15H,7,9H2,1-3H3,(H,22,28)/t12-,15?/m1/s1. The maximum absolute atomic E-state index is 11.6. The van der Waals surface area contributed by atoms with E-state index in [-0.39, 0.29) is 17.9 Å². The summed E-state index contributed by atoms with van der Waals surface area (Å²) < 4.78 is 10.0. The largest absolute Gasteiger partial charge is 0.473 e. The lowest BCUT2D eigenvalue weighted by Crippen LogP contribution is -2.26. The second kappa shape index (κ2) is 6.58. The molecule has 4 aromatic rings. The van der Waals surface area contributed by atoms with E-state index in [4.69, 9.17) is 9.72 Å². The van der Waals surface area contributed by atoms with Crippen molar-refractivity contribution in [3.8, 4) is 17.1 Å². The minimum Gasteiger partial charge on any atom is -0.473 e. The zero-order valence-electron chi connectivity index (χ0n) is 16.6. The van der Waals surface area contributed by atoms with Crippen LogP contribution in [0.15, 0.2) is 36.8 Å². The maximum Gasteiger partial charge on any atom is 0.241 e. The average molecular weight is 390 g/mol. The van der Waals surface area contributed by atoms with E-state index >= 15 is 0 Å². The van der Waals surface area contributed by atoms with Gasteiger partial charge in [0.25, 0.3) is 0 Å². The molecule has 8 heteroatoms. The summed E-state index contributed by atoms with van der Waals surface area (Å²) in [7, 11) is 3.85. The van der Waals surface area contributed by atoms with Crippen LogP contribution in [0.2, 0.25) is 0 Å². The molecular weight excluding hydrogens is 368 g/mol. The number of amides is 1. The normalized spacial score (nSPS) is 17.8. The molecule has 0 saturated carbocycles. The number of benzene rings is 1. The van der Waals surface area contributed by atoms with Crippen molar-refractivity contribution in [1.29, 1.82) is 0 Å². The molecule has 1 N–H and O–H groups in total. The van der Waals surface area contributed by atoms with E-state index in [1.165, 1.54) is 0 Å². The zero-order chi connectivity index (χ0) is 20.1. The molecule has 2 atom stereocenters. The molecule has 0 radical (unpaired) electrons. The van der Waals surface area contributed by atoms with Crippen molar-refractivity contribution >= 4 is 27.8 Å². The Bertz CT molecular complexity index is 1240. The number of pyridine rings is 1. The van der Waals surface area contributed by atoms with Gasteiger partial charge in [0.05, 0.1) is 29.3 Å². The van der Waals surface area contributed by atoms with Crippen LogP contribution in [0.5, 0.6) is 5.88 Å². The van der Waals surface area contributed by atoms with Crippen LogP contribution in [0, 0.1) is 5.92 Å². The van der Waals surface area contributed by atoms with Gasteiger partial charge >= 0.3 is 0 Å². The Balaban J connectivity index is 1.58. The summed E-state index contributed by atoms with van der Waals surface area (Å²) in [6.45, 7) is 2.62. The van der Waals surface area contributed by atoms with Crippen molar-refractivity contribution < 1.29 is 9.53 Å². The monoisotopic (exact) mass is 390 g/mol. The number of hydrogen-bond acceptors (Lipinski definition) is 5. The summed E-state index contributed by atoms with van der Waals surface area (Å²) in [5.74, 6) is 0.735. The summed E-state index contributed by atoms with van der Waals surface area (Å²) in [4.78, 5) is 20.9. The zero-order valence-corrected chi connectivity index (χ0v) is 16.6. The van der Waals surface area contributed by atoms with Crippen molar-refractivity contribution in [2.75, 3.05) is 6.54 Å². The second-order valence-electron chi connectivity index (χ2n) is 7.67. The number of aryl methyl sites for hydroxylation is 2. The number of imidazole rings is 1. The number of aromatic nitrogens is 5. The Morgan fingerprint density at radius 2 is 2.14 bits per heavy atom. The number of ether oxygens (including phenoxy) is 1. The molecule has 1 amide bonds. The van der Waals surface area contributed by atoms with E-state index in [2.05, 4.69) is 21.5 Å². The Kier molecular flexibility index (Phi) is 4.01. The van der Waals surface area contributed by atoms with Crippen molar-refractivity contribution in [3.63, 3.8) is 0 Å². The Hall–Kier alpha value is -3.42. The van der Waals surface area contributed by atoms with Gasteiger partial charge in [0.1, 0.15) is 11.6 Å². The predicted molar refractivity (Wildman–Crippen MR) is 109 cm³/mol. The molecule has 4 heterocycles. The van der Waals surface area contributed by atoms with Gasteiger partial charge < -0.3 is 14.6 Å². The van der Waals surface area contributed by atoms with Gasteiger partial charge in [0.15, 0.2) is 0 Å². The first-order chi connectivity index (χ1) is 14.0. The Morgan fingerprint density at radius 3 is 2.93 bits per heavy atom. The first-order valence-electron chi connectivity index (χ1n) is 9.67. The van der Waals surface area contributed by atoms with E-state index < -0.39 is 0 Å². The second-order valence-corrected chi connectivity index (χ2v) is 7.67. The van der Waals surface area contributed by atoms with Gasteiger partial charge in [-0.15, -0.1) is 0 Å². The topological polar surface area (TPSA) is 86.9 Å². The van der Waals surface area contributed by atoms with E-state index in [9.17, 15) is 4.79 Å². The number of nitrogens with zero attached hydrogens (tertiary/aromatic N) is 5. The Morgan fingerprint density at radius 1 is 1.28 bits per heavy atom. The molecule has 5 rings (SSSR count). The van der Waals surface area contributed by atoms with E-state index in [0.29, 0.717) is 18.8 Å². The molecule has 1 unspecified atom stereocenters. The van der Waals surface area contributed by atoms with Crippen molar-refractivity contribution in [2.24, 2.45) is 20.0 Å². The lowest BCUT2D eigenvalue weighted by molar-refractivity contribution is -0.119. The van der Waals surface area contributed by atoms with Crippen LogP contribution in [0.1, 0.15) is 13.3 Å². The number of fused-ring (bicyclic) bond motifs is 2. The van der Waals surface area contributed by atoms with Crippen molar-refractivity contribution in [1.82, 2.24) is 29.6 Å². The summed E-state index contributed by atoms with van der Waals surface area (Å²) >= 11 is 0. The minimum absolute atomic E-state index is 0.0716. The third kappa shape index (κ3) is 3.00. The quantitative estimate of drug-likeness (QED) is 0.578. The molecule has 1 aromatic carbocycles. The predicted octanol–water partition coefficient (Wildman–Crippen LogP) is 2.43.